The van der Waals surface area contributed by atoms with Crippen molar-refractivity contribution in [2.24, 2.45) is 5.10 Å². The van der Waals surface area contributed by atoms with E-state index in [0.717, 1.165) is 23.4 Å². The average molecular weight is 413 g/mol. The van der Waals surface area contributed by atoms with Crippen LogP contribution in [0.25, 0.3) is 0 Å². The van der Waals surface area contributed by atoms with Crippen molar-refractivity contribution in [2.75, 3.05) is 31.2 Å². The van der Waals surface area contributed by atoms with Gasteiger partial charge < -0.3 is 14.1 Å². The van der Waals surface area contributed by atoms with Crippen molar-refractivity contribution in [2.45, 2.75) is 0 Å². The highest BCUT2D eigenvalue weighted by Crippen LogP contribution is 2.30. The topological polar surface area (TPSA) is 67.1 Å². The van der Waals surface area contributed by atoms with Crippen molar-refractivity contribution in [1.29, 1.82) is 0 Å². The highest BCUT2D eigenvalue weighted by molar-refractivity contribution is 9.10. The Bertz CT molecular complexity index is 757. The van der Waals surface area contributed by atoms with Crippen molar-refractivity contribution in [3.05, 3.63) is 51.2 Å². The number of carbonyl (C=O) groups excluding carboxylic acids is 1. The number of nitrogens with zero attached hydrogens (tertiary/aromatic N) is 2. The Morgan fingerprint density at radius 1 is 1.33 bits per heavy atom. The van der Waals surface area contributed by atoms with Gasteiger partial charge in [-0.3, -0.25) is 4.79 Å². The Kier molecular flexibility index (Phi) is 5.55. The summed E-state index contributed by atoms with van der Waals surface area (Å²) in [6.45, 7) is 2.88. The van der Waals surface area contributed by atoms with Crippen LogP contribution in [0.4, 0.5) is 5.88 Å². The van der Waals surface area contributed by atoms with Crippen LogP contribution in [-0.2, 0) is 4.74 Å². The lowest BCUT2D eigenvalue weighted by atomic mass is 10.2. The summed E-state index contributed by atoms with van der Waals surface area (Å²) in [4.78, 5) is 14.1. The zero-order valence-corrected chi connectivity index (χ0v) is 15.0. The number of rotatable bonds is 4. The van der Waals surface area contributed by atoms with Gasteiger partial charge >= 0.3 is 0 Å². The van der Waals surface area contributed by atoms with Gasteiger partial charge in [0, 0.05) is 19.2 Å². The number of ether oxygens (including phenoxy) is 1. The number of benzene rings is 1. The van der Waals surface area contributed by atoms with Crippen LogP contribution >= 0.6 is 27.5 Å². The molecule has 126 valence electrons. The fourth-order valence-electron chi connectivity index (χ4n) is 2.28. The van der Waals surface area contributed by atoms with Crippen LogP contribution in [-0.4, -0.2) is 38.4 Å². The van der Waals surface area contributed by atoms with Gasteiger partial charge in [0.1, 0.15) is 0 Å². The molecule has 1 amide bonds. The van der Waals surface area contributed by atoms with Gasteiger partial charge in [-0.25, -0.2) is 5.43 Å². The van der Waals surface area contributed by atoms with Crippen molar-refractivity contribution < 1.29 is 13.9 Å². The molecule has 1 aromatic carbocycles. The largest absolute Gasteiger partial charge is 0.438 e. The summed E-state index contributed by atoms with van der Waals surface area (Å²) in [6.07, 6.45) is 1.45. The Balaban J connectivity index is 1.65. The van der Waals surface area contributed by atoms with E-state index in [1.54, 1.807) is 30.3 Å². The first-order valence-corrected chi connectivity index (χ1v) is 8.52. The van der Waals surface area contributed by atoms with Gasteiger partial charge in [-0.1, -0.05) is 23.7 Å². The number of amides is 1. The summed E-state index contributed by atoms with van der Waals surface area (Å²) in [7, 11) is 0. The molecule has 2 heterocycles. The van der Waals surface area contributed by atoms with Gasteiger partial charge in [0.2, 0.25) is 5.88 Å². The highest BCUT2D eigenvalue weighted by Gasteiger charge is 2.18. The minimum Gasteiger partial charge on any atom is -0.438 e. The second kappa shape index (κ2) is 7.83. The third kappa shape index (κ3) is 3.98. The van der Waals surface area contributed by atoms with E-state index in [4.69, 9.17) is 20.8 Å². The summed E-state index contributed by atoms with van der Waals surface area (Å²) in [5, 5.41) is 4.29. The summed E-state index contributed by atoms with van der Waals surface area (Å²) in [5.74, 6) is 0.885. The molecule has 0 unspecified atom stereocenters. The highest BCUT2D eigenvalue weighted by atomic mass is 79.9. The summed E-state index contributed by atoms with van der Waals surface area (Å²) in [5.41, 5.74) is 2.80. The van der Waals surface area contributed by atoms with Crippen LogP contribution in [0.2, 0.25) is 5.02 Å². The van der Waals surface area contributed by atoms with Gasteiger partial charge in [0.15, 0.2) is 5.76 Å². The van der Waals surface area contributed by atoms with E-state index in [-0.39, 0.29) is 5.91 Å². The second-order valence-electron chi connectivity index (χ2n) is 5.08. The summed E-state index contributed by atoms with van der Waals surface area (Å²) in [6, 6.07) is 8.58. The van der Waals surface area contributed by atoms with E-state index in [1.807, 2.05) is 0 Å². The van der Waals surface area contributed by atoms with E-state index >= 15 is 0 Å². The molecular formula is C16H15BrClN3O3. The summed E-state index contributed by atoms with van der Waals surface area (Å²) < 4.78 is 11.9. The SMILES string of the molecule is O=C(N/N=C\c1cc(Br)c(N2CCOCC2)o1)c1ccccc1Cl. The Morgan fingerprint density at radius 2 is 2.08 bits per heavy atom. The number of anilines is 1. The van der Waals surface area contributed by atoms with Crippen LogP contribution in [0.3, 0.4) is 0 Å². The quantitative estimate of drug-likeness (QED) is 0.618. The molecule has 1 fully saturated rings. The van der Waals surface area contributed by atoms with Crippen LogP contribution in [0.1, 0.15) is 16.1 Å². The molecule has 0 spiro atoms. The Hall–Kier alpha value is -1.83. The predicted molar refractivity (Wildman–Crippen MR) is 96.0 cm³/mol. The minimum absolute atomic E-state index is 0.367. The standard InChI is InChI=1S/C16H15BrClN3O3/c17-13-9-11(24-16(13)21-5-7-23-8-6-21)10-19-20-15(22)12-3-1-2-4-14(12)18/h1-4,9-10H,5-8H2,(H,20,22)/b19-10-. The van der Waals surface area contributed by atoms with Crippen molar-refractivity contribution in [3.63, 3.8) is 0 Å². The average Bonchev–Trinajstić information content (AvgIpc) is 2.96. The monoisotopic (exact) mass is 411 g/mol. The first kappa shape index (κ1) is 17.0. The number of carbonyl (C=O) groups is 1. The molecule has 24 heavy (non-hydrogen) atoms. The smallest absolute Gasteiger partial charge is 0.272 e. The minimum atomic E-state index is -0.379. The van der Waals surface area contributed by atoms with Crippen molar-refractivity contribution >= 4 is 45.5 Å². The number of furan rings is 1. The third-order valence-corrected chi connectivity index (χ3v) is 4.36. The van der Waals surface area contributed by atoms with Gasteiger partial charge in [-0.05, 0) is 28.1 Å². The van der Waals surface area contributed by atoms with Crippen molar-refractivity contribution in [1.82, 2.24) is 5.43 Å². The molecule has 0 atom stereocenters. The lowest BCUT2D eigenvalue weighted by molar-refractivity contribution is 0.0955. The van der Waals surface area contributed by atoms with Gasteiger partial charge in [0.05, 0.1) is 34.5 Å². The fraction of sp³-hybridized carbons (Fsp3) is 0.250. The first-order chi connectivity index (χ1) is 11.6. The van der Waals surface area contributed by atoms with E-state index in [9.17, 15) is 4.79 Å². The fourth-order valence-corrected chi connectivity index (χ4v) is 3.06. The lowest BCUT2D eigenvalue weighted by Crippen LogP contribution is -2.36. The van der Waals surface area contributed by atoms with Gasteiger partial charge in [-0.15, -0.1) is 0 Å². The molecule has 6 nitrogen and oxygen atoms in total. The maximum atomic E-state index is 12.0. The van der Waals surface area contributed by atoms with Crippen LogP contribution in [0, 0.1) is 0 Å². The molecule has 1 aromatic heterocycles. The lowest BCUT2D eigenvalue weighted by Gasteiger charge is -2.26. The third-order valence-electron chi connectivity index (χ3n) is 3.46. The Labute approximate surface area is 152 Å². The maximum absolute atomic E-state index is 12.0. The maximum Gasteiger partial charge on any atom is 0.272 e. The van der Waals surface area contributed by atoms with Crippen LogP contribution in [0.5, 0.6) is 0 Å². The second-order valence-corrected chi connectivity index (χ2v) is 6.34. The molecule has 1 aliphatic heterocycles. The molecule has 3 rings (SSSR count). The van der Waals surface area contributed by atoms with Crippen LogP contribution < -0.4 is 10.3 Å². The van der Waals surface area contributed by atoms with Gasteiger partial charge in [-0.2, -0.15) is 5.10 Å². The van der Waals surface area contributed by atoms with E-state index < -0.39 is 0 Å². The molecule has 0 bridgehead atoms. The van der Waals surface area contributed by atoms with E-state index in [1.165, 1.54) is 6.21 Å². The zero-order chi connectivity index (χ0) is 16.9. The molecule has 0 aliphatic carbocycles. The van der Waals surface area contributed by atoms with E-state index in [2.05, 4.69) is 31.4 Å². The van der Waals surface area contributed by atoms with Gasteiger partial charge in [0.25, 0.3) is 5.91 Å². The number of hydrazone groups is 1. The molecule has 1 N–H and O–H groups in total. The number of hydrogen-bond donors (Lipinski definition) is 1. The normalized spacial score (nSPS) is 15.0. The Morgan fingerprint density at radius 3 is 2.83 bits per heavy atom. The van der Waals surface area contributed by atoms with E-state index in [0.29, 0.717) is 29.6 Å². The number of morpholine rings is 1. The molecule has 2 aromatic rings. The molecule has 0 saturated carbocycles. The molecular weight excluding hydrogens is 398 g/mol. The predicted octanol–water partition coefficient (Wildman–Crippen LogP) is 3.30. The summed E-state index contributed by atoms with van der Waals surface area (Å²) >= 11 is 9.45. The number of hydrogen-bond acceptors (Lipinski definition) is 5. The first-order valence-electron chi connectivity index (χ1n) is 7.35. The molecule has 1 aliphatic rings. The number of nitrogens with one attached hydrogen (secondary N) is 1. The molecule has 1 saturated heterocycles. The number of halogens is 2. The molecule has 0 radical (unpaired) electrons. The van der Waals surface area contributed by atoms with Crippen molar-refractivity contribution in [3.8, 4) is 0 Å². The molecule has 8 heteroatoms. The van der Waals surface area contributed by atoms with Crippen LogP contribution in [0.15, 0.2) is 44.3 Å². The zero-order valence-electron chi connectivity index (χ0n) is 12.7.